The van der Waals surface area contributed by atoms with Crippen LogP contribution in [0, 0.1) is 17.7 Å². The van der Waals surface area contributed by atoms with Crippen molar-refractivity contribution in [2.24, 2.45) is 0 Å². The van der Waals surface area contributed by atoms with Gasteiger partial charge < -0.3 is 15.0 Å². The Balaban J connectivity index is 2.12. The topological polar surface area (TPSA) is 58.6 Å². The average molecular weight is 551 g/mol. The number of hydrogen-bond donors (Lipinski definition) is 1. The van der Waals surface area contributed by atoms with Gasteiger partial charge in [0, 0.05) is 33.6 Å². The van der Waals surface area contributed by atoms with Crippen LogP contribution in [0.25, 0.3) is 0 Å². The molecule has 1 N–H and O–H groups in total. The lowest BCUT2D eigenvalue weighted by Gasteiger charge is -2.33. The van der Waals surface area contributed by atoms with Gasteiger partial charge >= 0.3 is 0 Å². The van der Waals surface area contributed by atoms with Crippen molar-refractivity contribution in [2.75, 3.05) is 7.11 Å². The van der Waals surface area contributed by atoms with E-state index in [-0.39, 0.29) is 6.54 Å². The van der Waals surface area contributed by atoms with Gasteiger partial charge in [0.15, 0.2) is 0 Å². The quantitative estimate of drug-likeness (QED) is 0.404. The largest absolute Gasteiger partial charge is 0.497 e. The molecule has 0 aromatic heterocycles. The lowest BCUT2D eigenvalue weighted by atomic mass is 10.0. The van der Waals surface area contributed by atoms with Gasteiger partial charge in [-0.1, -0.05) is 52.2 Å². The first-order chi connectivity index (χ1) is 17.1. The molecule has 7 heteroatoms. The van der Waals surface area contributed by atoms with E-state index in [2.05, 4.69) is 33.1 Å². The molecule has 1 unspecified atom stereocenters. The second-order valence-corrected chi connectivity index (χ2v) is 10.1. The van der Waals surface area contributed by atoms with Crippen LogP contribution in [0.5, 0.6) is 5.75 Å². The first kappa shape index (κ1) is 27.0. The molecule has 0 saturated heterocycles. The maximum atomic E-state index is 14.4. The highest BCUT2D eigenvalue weighted by Crippen LogP contribution is 2.31. The molecule has 0 aliphatic carbocycles. The van der Waals surface area contributed by atoms with Crippen LogP contribution >= 0.6 is 15.9 Å². The molecule has 0 aliphatic rings. The number of benzene rings is 3. The molecule has 0 radical (unpaired) electrons. The summed E-state index contributed by atoms with van der Waals surface area (Å²) in [6.45, 7) is 5.59. The van der Waals surface area contributed by atoms with Crippen LogP contribution in [0.3, 0.4) is 0 Å². The van der Waals surface area contributed by atoms with E-state index in [1.807, 2.05) is 51.1 Å². The molecular formula is C29H28BrFN2O3. The van der Waals surface area contributed by atoms with Crippen molar-refractivity contribution in [1.29, 1.82) is 0 Å². The smallest absolute Gasteiger partial charge is 0.300 e. The average Bonchev–Trinajstić information content (AvgIpc) is 2.84. The Bertz CT molecular complexity index is 1280. The van der Waals surface area contributed by atoms with Gasteiger partial charge in [-0.15, -0.1) is 0 Å². The van der Waals surface area contributed by atoms with Crippen LogP contribution in [0.15, 0.2) is 77.3 Å². The van der Waals surface area contributed by atoms with Gasteiger partial charge in [-0.2, -0.15) is 0 Å². The fraction of sp³-hybridized carbons (Fsp3) is 0.241. The van der Waals surface area contributed by atoms with Crippen LogP contribution in [-0.2, 0) is 16.1 Å². The number of nitrogens with zero attached hydrogens (tertiary/aromatic N) is 1. The van der Waals surface area contributed by atoms with Gasteiger partial charge in [0.1, 0.15) is 17.6 Å². The molecule has 3 aromatic rings. The molecule has 186 valence electrons. The summed E-state index contributed by atoms with van der Waals surface area (Å²) in [5, 5.41) is 2.93. The van der Waals surface area contributed by atoms with Gasteiger partial charge in [0.2, 0.25) is 5.91 Å². The summed E-state index contributed by atoms with van der Waals surface area (Å²) in [6.07, 6.45) is 0. The lowest BCUT2D eigenvalue weighted by molar-refractivity contribution is -0.138. The van der Waals surface area contributed by atoms with Gasteiger partial charge in [-0.05, 0) is 68.8 Å². The molecule has 3 rings (SSSR count). The molecular weight excluding hydrogens is 523 g/mol. The normalized spacial score (nSPS) is 11.6. The molecule has 0 saturated carbocycles. The highest BCUT2D eigenvalue weighted by atomic mass is 79.9. The van der Waals surface area contributed by atoms with Crippen LogP contribution in [0.1, 0.15) is 43.5 Å². The molecule has 0 heterocycles. The Morgan fingerprint density at radius 2 is 1.72 bits per heavy atom. The summed E-state index contributed by atoms with van der Waals surface area (Å²) in [4.78, 5) is 28.5. The first-order valence-electron chi connectivity index (χ1n) is 11.3. The van der Waals surface area contributed by atoms with Crippen LogP contribution in [0.2, 0.25) is 0 Å². The van der Waals surface area contributed by atoms with Crippen molar-refractivity contribution < 1.29 is 18.7 Å². The number of carbonyl (C=O) groups excluding carboxylic acids is 2. The lowest BCUT2D eigenvalue weighted by Crippen LogP contribution is -2.49. The number of amides is 2. The maximum Gasteiger partial charge on any atom is 0.300 e. The molecule has 0 aliphatic heterocycles. The summed E-state index contributed by atoms with van der Waals surface area (Å²) in [5.41, 5.74) is 1.16. The van der Waals surface area contributed by atoms with E-state index in [0.717, 1.165) is 5.56 Å². The predicted octanol–water partition coefficient (Wildman–Crippen LogP) is 5.63. The Kier molecular flexibility index (Phi) is 8.89. The molecule has 0 spiro atoms. The monoisotopic (exact) mass is 550 g/mol. The van der Waals surface area contributed by atoms with E-state index in [4.69, 9.17) is 4.74 Å². The summed E-state index contributed by atoms with van der Waals surface area (Å²) < 4.78 is 20.1. The van der Waals surface area contributed by atoms with Crippen molar-refractivity contribution in [3.8, 4) is 17.6 Å². The third-order valence-corrected chi connectivity index (χ3v) is 5.89. The Hall–Kier alpha value is -3.63. The second-order valence-electron chi connectivity index (χ2n) is 9.20. The van der Waals surface area contributed by atoms with E-state index < -0.39 is 29.2 Å². The van der Waals surface area contributed by atoms with Crippen molar-refractivity contribution in [3.05, 3.63) is 99.8 Å². The van der Waals surface area contributed by atoms with E-state index in [1.54, 1.807) is 31.4 Å². The zero-order valence-electron chi connectivity index (χ0n) is 20.6. The van der Waals surface area contributed by atoms with E-state index >= 15 is 0 Å². The summed E-state index contributed by atoms with van der Waals surface area (Å²) in [6, 6.07) is 19.2. The van der Waals surface area contributed by atoms with E-state index in [0.29, 0.717) is 21.3 Å². The number of halogens is 2. The van der Waals surface area contributed by atoms with Crippen LogP contribution in [0.4, 0.5) is 4.39 Å². The fourth-order valence-corrected chi connectivity index (χ4v) is 4.00. The highest BCUT2D eigenvalue weighted by molar-refractivity contribution is 9.10. The van der Waals surface area contributed by atoms with Crippen molar-refractivity contribution >= 4 is 27.7 Å². The number of nitrogens with one attached hydrogen (secondary N) is 1. The number of methoxy groups -OCH3 is 1. The Morgan fingerprint density at radius 3 is 2.33 bits per heavy atom. The SMILES string of the molecule is COc1ccc(CN(C(=O)C#Cc2ccccc2)C(C(=O)NC(C)(C)C)c2cc(F)ccc2Br)cc1. The van der Waals surface area contributed by atoms with Crippen LogP contribution in [-0.4, -0.2) is 29.4 Å². The second kappa shape index (κ2) is 11.9. The minimum absolute atomic E-state index is 0.0669. The van der Waals surface area contributed by atoms with Gasteiger partial charge in [-0.3, -0.25) is 9.59 Å². The van der Waals surface area contributed by atoms with Crippen molar-refractivity contribution in [2.45, 2.75) is 38.9 Å². The molecule has 5 nitrogen and oxygen atoms in total. The third-order valence-electron chi connectivity index (χ3n) is 5.17. The summed E-state index contributed by atoms with van der Waals surface area (Å²) in [5.74, 6) is 4.66. The van der Waals surface area contributed by atoms with Crippen molar-refractivity contribution in [1.82, 2.24) is 10.2 Å². The highest BCUT2D eigenvalue weighted by Gasteiger charge is 2.34. The zero-order chi connectivity index (χ0) is 26.3. The maximum absolute atomic E-state index is 14.4. The first-order valence-corrected chi connectivity index (χ1v) is 12.1. The molecule has 0 bridgehead atoms. The minimum Gasteiger partial charge on any atom is -0.497 e. The van der Waals surface area contributed by atoms with E-state index in [1.165, 1.54) is 23.1 Å². The summed E-state index contributed by atoms with van der Waals surface area (Å²) in [7, 11) is 1.57. The third kappa shape index (κ3) is 7.43. The molecule has 1 atom stereocenters. The van der Waals surface area contributed by atoms with Gasteiger partial charge in [0.25, 0.3) is 5.91 Å². The van der Waals surface area contributed by atoms with Gasteiger partial charge in [-0.25, -0.2) is 4.39 Å². The summed E-state index contributed by atoms with van der Waals surface area (Å²) >= 11 is 3.44. The number of rotatable bonds is 6. The number of ether oxygens (including phenoxy) is 1. The standard InChI is InChI=1S/C29H28BrFN2O3/c1-29(2,3)32-28(35)27(24-18-22(31)13-16-25(24)30)33(19-21-10-14-23(36-4)15-11-21)26(34)17-12-20-8-6-5-7-9-20/h5-11,13-16,18,27H,19H2,1-4H3,(H,32,35). The molecule has 3 aromatic carbocycles. The Morgan fingerprint density at radius 1 is 1.06 bits per heavy atom. The van der Waals surface area contributed by atoms with Gasteiger partial charge in [0.05, 0.1) is 7.11 Å². The van der Waals surface area contributed by atoms with Crippen LogP contribution < -0.4 is 10.1 Å². The molecule has 2 amide bonds. The van der Waals surface area contributed by atoms with Crippen molar-refractivity contribution in [3.63, 3.8) is 0 Å². The number of carbonyl (C=O) groups is 2. The fourth-order valence-electron chi connectivity index (χ4n) is 3.54. The Labute approximate surface area is 219 Å². The molecule has 0 fully saturated rings. The number of hydrogen-bond acceptors (Lipinski definition) is 3. The van der Waals surface area contributed by atoms with E-state index in [9.17, 15) is 14.0 Å². The predicted molar refractivity (Wildman–Crippen MR) is 142 cm³/mol. The molecule has 36 heavy (non-hydrogen) atoms. The minimum atomic E-state index is -1.14. The zero-order valence-corrected chi connectivity index (χ0v) is 22.2.